The smallest absolute Gasteiger partial charge is 0.426 e. The molecule has 0 saturated carbocycles. The van der Waals surface area contributed by atoms with Crippen LogP contribution in [0.5, 0.6) is 0 Å². The van der Waals surface area contributed by atoms with Gasteiger partial charge in [0.15, 0.2) is 0 Å². The molecule has 1 amide bonds. The number of piperidine rings is 1. The van der Waals surface area contributed by atoms with Crippen molar-refractivity contribution in [2.45, 2.75) is 63.5 Å². The fourth-order valence-corrected chi connectivity index (χ4v) is 5.65. The minimum Gasteiger partial charge on any atom is -0.426 e. The molecule has 1 spiro atoms. The van der Waals surface area contributed by atoms with Crippen LogP contribution in [0, 0.1) is 5.41 Å². The van der Waals surface area contributed by atoms with Gasteiger partial charge in [-0.05, 0) is 61.9 Å². The van der Waals surface area contributed by atoms with Crippen molar-refractivity contribution in [2.75, 3.05) is 50.8 Å². The van der Waals surface area contributed by atoms with Crippen molar-refractivity contribution >= 4 is 17.9 Å². The number of amides is 1. The summed E-state index contributed by atoms with van der Waals surface area (Å²) >= 11 is 0. The fraction of sp³-hybridized carbons (Fsp3) is 0.692. The van der Waals surface area contributed by atoms with Crippen LogP contribution < -0.4 is 4.90 Å². The number of nitrogens with zero attached hydrogens (tertiary/aromatic N) is 3. The monoisotopic (exact) mass is 635 g/mol. The maximum atomic E-state index is 13.7. The Morgan fingerprint density at radius 2 is 1.56 bits per heavy atom. The van der Waals surface area contributed by atoms with Crippen molar-refractivity contribution in [3.8, 4) is 0 Å². The molecule has 43 heavy (non-hydrogen) atoms. The van der Waals surface area contributed by atoms with Crippen LogP contribution >= 0.6 is 0 Å². The molecule has 0 aliphatic carbocycles. The molecule has 3 fully saturated rings. The van der Waals surface area contributed by atoms with E-state index < -0.39 is 36.3 Å². The third-order valence-electron chi connectivity index (χ3n) is 7.73. The Hall–Kier alpha value is -3.04. The van der Waals surface area contributed by atoms with Gasteiger partial charge in [0.1, 0.15) is 0 Å². The number of hydrogen-bond donors (Lipinski definition) is 0. The predicted molar refractivity (Wildman–Crippen MR) is 130 cm³/mol. The predicted octanol–water partition coefficient (Wildman–Crippen LogP) is 5.26. The van der Waals surface area contributed by atoms with E-state index in [2.05, 4.69) is 4.74 Å². The average molecular weight is 636 g/mol. The largest absolute Gasteiger partial charge is 0.434 e. The SMILES string of the molecule is CC1CN(c2cc(CN3CCC4(CCN(C(=O)OC(C(F)(F)F)C(F)(F)F)CC4)C3)cc(C(F)(F)F)c2)CCO1.O=C=O. The number of halogens is 9. The molecule has 3 aliphatic heterocycles. The number of alkyl halides is 9. The molecule has 1 atom stereocenters. The third kappa shape index (κ3) is 9.22. The van der Waals surface area contributed by atoms with Gasteiger partial charge in [0.25, 0.3) is 6.10 Å². The lowest BCUT2D eigenvalue weighted by molar-refractivity contribution is -0.308. The zero-order valence-corrected chi connectivity index (χ0v) is 22.9. The standard InChI is InChI=1S/C25H30F9N3O3.CO2/c1-16-13-37(8-9-39-16)19-11-17(10-18(12-19)23(26,27)28)14-35-5-2-22(15-35)3-6-36(7-4-22)21(38)40-20(24(29,30)31)25(32,33)34;2-1-3/h10-12,16,20H,2-9,13-15H2,1H3;. The first-order valence-electron chi connectivity index (χ1n) is 13.3. The molecule has 1 aromatic rings. The molecule has 4 rings (SSSR count). The summed E-state index contributed by atoms with van der Waals surface area (Å²) in [4.78, 5) is 33.0. The van der Waals surface area contributed by atoms with Gasteiger partial charge in [-0.1, -0.05) is 0 Å². The Morgan fingerprint density at radius 3 is 2.09 bits per heavy atom. The van der Waals surface area contributed by atoms with Crippen LogP contribution in [0.2, 0.25) is 0 Å². The minimum atomic E-state index is -5.79. The molecule has 1 aromatic carbocycles. The second-order valence-electron chi connectivity index (χ2n) is 10.9. The number of carbonyl (C=O) groups excluding carboxylic acids is 3. The Kier molecular flexibility index (Phi) is 10.7. The van der Waals surface area contributed by atoms with Gasteiger partial charge < -0.3 is 19.3 Å². The van der Waals surface area contributed by atoms with Crippen molar-refractivity contribution < 1.29 is 63.4 Å². The minimum absolute atomic E-state index is 0.0853. The highest BCUT2D eigenvalue weighted by atomic mass is 19.4. The summed E-state index contributed by atoms with van der Waals surface area (Å²) in [5, 5.41) is 0. The lowest BCUT2D eigenvalue weighted by atomic mass is 9.78. The Balaban J connectivity index is 0.00000162. The van der Waals surface area contributed by atoms with Crippen molar-refractivity contribution in [1.29, 1.82) is 0 Å². The molecule has 1 unspecified atom stereocenters. The lowest BCUT2D eigenvalue weighted by Crippen LogP contribution is -2.50. The van der Waals surface area contributed by atoms with E-state index in [0.29, 0.717) is 63.3 Å². The van der Waals surface area contributed by atoms with Gasteiger partial charge in [-0.15, -0.1) is 0 Å². The number of morpholine rings is 1. The second-order valence-corrected chi connectivity index (χ2v) is 10.9. The van der Waals surface area contributed by atoms with Gasteiger partial charge in [0.2, 0.25) is 0 Å². The van der Waals surface area contributed by atoms with Gasteiger partial charge in [-0.2, -0.15) is 49.1 Å². The van der Waals surface area contributed by atoms with E-state index in [4.69, 9.17) is 14.3 Å². The Labute approximate surface area is 240 Å². The number of ether oxygens (including phenoxy) is 2. The molecular weight excluding hydrogens is 605 g/mol. The van der Waals surface area contributed by atoms with Crippen LogP contribution in [0.15, 0.2) is 18.2 Å². The molecule has 3 saturated heterocycles. The van der Waals surface area contributed by atoms with Crippen LogP contribution in [-0.4, -0.2) is 92.5 Å². The molecule has 3 heterocycles. The van der Waals surface area contributed by atoms with Gasteiger partial charge in [-0.25, -0.2) is 4.79 Å². The molecule has 242 valence electrons. The molecule has 8 nitrogen and oxygen atoms in total. The molecule has 0 bridgehead atoms. The summed E-state index contributed by atoms with van der Waals surface area (Å²) in [6.07, 6.45) is -20.6. The fourth-order valence-electron chi connectivity index (χ4n) is 5.65. The number of carbonyl (C=O) groups is 1. The van der Waals surface area contributed by atoms with Crippen molar-refractivity contribution in [2.24, 2.45) is 5.41 Å². The van der Waals surface area contributed by atoms with E-state index in [1.807, 2.05) is 16.7 Å². The summed E-state index contributed by atoms with van der Waals surface area (Å²) in [5.74, 6) is 0. The molecule has 0 radical (unpaired) electrons. The van der Waals surface area contributed by atoms with Gasteiger partial charge in [0.05, 0.1) is 18.3 Å². The molecule has 17 heteroatoms. The Morgan fingerprint density at radius 1 is 0.977 bits per heavy atom. The summed E-state index contributed by atoms with van der Waals surface area (Å²) < 4.78 is 127. The third-order valence-corrected chi connectivity index (χ3v) is 7.73. The van der Waals surface area contributed by atoms with Crippen LogP contribution in [0.3, 0.4) is 0 Å². The Bertz CT molecular complexity index is 1130. The number of rotatable bonds is 4. The highest BCUT2D eigenvalue weighted by Gasteiger charge is 2.60. The van der Waals surface area contributed by atoms with E-state index in [1.165, 1.54) is 0 Å². The lowest BCUT2D eigenvalue weighted by Gasteiger charge is -2.39. The average Bonchev–Trinajstić information content (AvgIpc) is 3.27. The van der Waals surface area contributed by atoms with Gasteiger partial charge in [0, 0.05) is 45.0 Å². The highest BCUT2D eigenvalue weighted by molar-refractivity contribution is 5.68. The van der Waals surface area contributed by atoms with E-state index in [1.54, 1.807) is 6.07 Å². The second kappa shape index (κ2) is 13.3. The van der Waals surface area contributed by atoms with Crippen molar-refractivity contribution in [3.63, 3.8) is 0 Å². The molecule has 0 aromatic heterocycles. The van der Waals surface area contributed by atoms with E-state index >= 15 is 0 Å². The summed E-state index contributed by atoms with van der Waals surface area (Å²) in [5.41, 5.74) is -0.172. The first kappa shape index (κ1) is 34.5. The van der Waals surface area contributed by atoms with Gasteiger partial charge in [-0.3, -0.25) is 4.90 Å². The number of likely N-dealkylation sites (tertiary alicyclic amines) is 2. The zero-order chi connectivity index (χ0) is 32.2. The molecule has 3 aliphatic rings. The summed E-state index contributed by atoms with van der Waals surface area (Å²) in [6, 6.07) is 3.98. The van der Waals surface area contributed by atoms with E-state index in [-0.39, 0.29) is 37.3 Å². The number of anilines is 1. The van der Waals surface area contributed by atoms with Crippen molar-refractivity contribution in [3.05, 3.63) is 29.3 Å². The van der Waals surface area contributed by atoms with Crippen molar-refractivity contribution in [1.82, 2.24) is 9.80 Å². The summed E-state index contributed by atoms with van der Waals surface area (Å²) in [7, 11) is 0. The van der Waals surface area contributed by atoms with Crippen LogP contribution in [0.25, 0.3) is 0 Å². The number of hydrogen-bond acceptors (Lipinski definition) is 7. The maximum Gasteiger partial charge on any atom is 0.434 e. The quantitative estimate of drug-likeness (QED) is 0.418. The van der Waals surface area contributed by atoms with E-state index in [9.17, 15) is 44.3 Å². The first-order valence-corrected chi connectivity index (χ1v) is 13.3. The van der Waals surface area contributed by atoms with Crippen LogP contribution in [-0.2, 0) is 31.8 Å². The zero-order valence-electron chi connectivity index (χ0n) is 22.9. The van der Waals surface area contributed by atoms with Gasteiger partial charge >= 0.3 is 30.8 Å². The highest BCUT2D eigenvalue weighted by Crippen LogP contribution is 2.42. The molecule has 0 N–H and O–H groups in total. The van der Waals surface area contributed by atoms with E-state index in [0.717, 1.165) is 17.0 Å². The first-order chi connectivity index (χ1) is 19.9. The van der Waals surface area contributed by atoms with Crippen LogP contribution in [0.4, 0.5) is 50.0 Å². The normalized spacial score (nSPS) is 21.4. The number of benzene rings is 1. The topological polar surface area (TPSA) is 79.4 Å². The van der Waals surface area contributed by atoms with Crippen LogP contribution in [0.1, 0.15) is 37.3 Å². The summed E-state index contributed by atoms with van der Waals surface area (Å²) in [6.45, 7) is 4.26. The maximum absolute atomic E-state index is 13.7. The molecular formula is C26H30F9N3O5.